The van der Waals surface area contributed by atoms with Crippen molar-refractivity contribution in [1.82, 2.24) is 30.1 Å². The predicted octanol–water partition coefficient (Wildman–Crippen LogP) is 6.62. The van der Waals surface area contributed by atoms with Gasteiger partial charge in [0.25, 0.3) is 0 Å². The molecule has 39 heavy (non-hydrogen) atoms. The second-order valence-corrected chi connectivity index (χ2v) is 10.4. The molecule has 10 heteroatoms. The molecule has 1 amide bonds. The minimum absolute atomic E-state index is 0.0192. The second kappa shape index (κ2) is 10.2. The number of unbranched alkanes of at least 4 members (excludes halogenated alkanes) is 1. The molecular weight excluding hydrogens is 510 g/mol. The van der Waals surface area contributed by atoms with E-state index in [0.29, 0.717) is 22.6 Å². The summed E-state index contributed by atoms with van der Waals surface area (Å²) in [5, 5.41) is 12.3. The number of carbonyl (C=O) groups excluding carboxylic acids is 2. The molecule has 0 spiro atoms. The molecule has 0 fully saturated rings. The van der Waals surface area contributed by atoms with Gasteiger partial charge in [-0.1, -0.05) is 13.3 Å². The molecule has 3 N–H and O–H groups in total. The molecule has 0 aliphatic rings. The molecule has 0 aromatic carbocycles. The van der Waals surface area contributed by atoms with Crippen LogP contribution in [0.25, 0.3) is 55.0 Å². The van der Waals surface area contributed by atoms with Crippen molar-refractivity contribution in [1.29, 1.82) is 0 Å². The Morgan fingerprint density at radius 3 is 2.69 bits per heavy atom. The summed E-state index contributed by atoms with van der Waals surface area (Å²) in [5.41, 5.74) is 6.33. The van der Waals surface area contributed by atoms with Gasteiger partial charge in [0.1, 0.15) is 0 Å². The maximum absolute atomic E-state index is 12.2. The average Bonchev–Trinajstić information content (AvgIpc) is 3.69. The molecule has 0 radical (unpaired) electrons. The average molecular weight is 536 g/mol. The monoisotopic (exact) mass is 535 g/mol. The number of nitrogens with one attached hydrogen (secondary N) is 3. The summed E-state index contributed by atoms with van der Waals surface area (Å²) in [6.07, 6.45) is 9.21. The molecule has 9 nitrogen and oxygen atoms in total. The van der Waals surface area contributed by atoms with E-state index in [1.807, 2.05) is 36.4 Å². The van der Waals surface area contributed by atoms with Crippen molar-refractivity contribution in [2.45, 2.75) is 33.1 Å². The number of aromatic amines is 2. The summed E-state index contributed by atoms with van der Waals surface area (Å²) in [6, 6.07) is 11.7. The van der Waals surface area contributed by atoms with Gasteiger partial charge in [-0.15, -0.1) is 11.3 Å². The molecule has 0 aliphatic carbocycles. The number of H-pyrrole nitrogens is 2. The highest BCUT2D eigenvalue weighted by Gasteiger charge is 2.17. The summed E-state index contributed by atoms with van der Waals surface area (Å²) in [4.78, 5) is 42.6. The number of carbonyl (C=O) groups is 2. The zero-order chi connectivity index (χ0) is 26.9. The third-order valence-corrected chi connectivity index (χ3v) is 7.72. The van der Waals surface area contributed by atoms with Gasteiger partial charge in [0, 0.05) is 52.4 Å². The van der Waals surface area contributed by atoms with Crippen LogP contribution in [0.2, 0.25) is 0 Å². The standard InChI is InChI=1S/C29H25N7O2S/c1-3-4-5-26(38)33-19-10-17(13-30-15-19)18-11-21-27(35-36-29(21)32-14-18)23-12-20-22(34-23)8-9-31-28(20)25-7-6-24(39-25)16(2)37/h6-15,34H,3-5H2,1-2H3,(H,33,38)(H,32,35,36). The Morgan fingerprint density at radius 2 is 1.87 bits per heavy atom. The zero-order valence-corrected chi connectivity index (χ0v) is 22.2. The maximum atomic E-state index is 12.2. The molecule has 6 aromatic rings. The van der Waals surface area contributed by atoms with Crippen LogP contribution in [0.5, 0.6) is 0 Å². The summed E-state index contributed by atoms with van der Waals surface area (Å²) < 4.78 is 0. The van der Waals surface area contributed by atoms with E-state index in [0.717, 1.165) is 62.2 Å². The molecule has 6 aromatic heterocycles. The van der Waals surface area contributed by atoms with E-state index >= 15 is 0 Å². The lowest BCUT2D eigenvalue weighted by atomic mass is 10.1. The van der Waals surface area contributed by atoms with E-state index < -0.39 is 0 Å². The van der Waals surface area contributed by atoms with E-state index in [2.05, 4.69) is 42.4 Å². The molecule has 0 saturated carbocycles. The van der Waals surface area contributed by atoms with Crippen LogP contribution in [0, 0.1) is 0 Å². The lowest BCUT2D eigenvalue weighted by Gasteiger charge is -2.07. The van der Waals surface area contributed by atoms with Gasteiger partial charge < -0.3 is 10.3 Å². The van der Waals surface area contributed by atoms with Gasteiger partial charge in [0.2, 0.25) is 5.91 Å². The summed E-state index contributed by atoms with van der Waals surface area (Å²) in [6.45, 7) is 3.63. The normalized spacial score (nSPS) is 11.3. The fraction of sp³-hybridized carbons (Fsp3) is 0.172. The number of anilines is 1. The highest BCUT2D eigenvalue weighted by molar-refractivity contribution is 7.17. The number of pyridine rings is 3. The molecule has 0 aliphatic heterocycles. The lowest BCUT2D eigenvalue weighted by molar-refractivity contribution is -0.116. The third-order valence-electron chi connectivity index (χ3n) is 6.53. The summed E-state index contributed by atoms with van der Waals surface area (Å²) >= 11 is 1.44. The summed E-state index contributed by atoms with van der Waals surface area (Å²) in [5.74, 6) is 0.0225. The molecule has 0 bridgehead atoms. The van der Waals surface area contributed by atoms with Gasteiger partial charge in [-0.05, 0) is 49.7 Å². The van der Waals surface area contributed by atoms with Crippen LogP contribution in [0.3, 0.4) is 0 Å². The van der Waals surface area contributed by atoms with Crippen LogP contribution in [-0.2, 0) is 4.79 Å². The van der Waals surface area contributed by atoms with Crippen LogP contribution in [0.1, 0.15) is 42.8 Å². The SMILES string of the molecule is CCCCC(=O)Nc1cncc(-c2cnc3n[nH]c(-c4cc5c(-c6ccc(C(C)=O)s6)nccc5[nH]4)c3c2)c1. The molecule has 0 unspecified atom stereocenters. The first-order chi connectivity index (χ1) is 19.0. The van der Waals surface area contributed by atoms with Gasteiger partial charge in [-0.3, -0.25) is 24.7 Å². The van der Waals surface area contributed by atoms with Gasteiger partial charge in [-0.2, -0.15) is 5.10 Å². The first kappa shape index (κ1) is 24.6. The Morgan fingerprint density at radius 1 is 1.00 bits per heavy atom. The highest BCUT2D eigenvalue weighted by atomic mass is 32.1. The van der Waals surface area contributed by atoms with Crippen LogP contribution in [0.15, 0.2) is 61.2 Å². The Hall–Kier alpha value is -4.70. The third kappa shape index (κ3) is 4.82. The van der Waals surface area contributed by atoms with Crippen LogP contribution in [0.4, 0.5) is 5.69 Å². The Kier molecular flexibility index (Phi) is 6.45. The van der Waals surface area contributed by atoms with E-state index in [4.69, 9.17) is 0 Å². The molecular formula is C29H25N7O2S. The van der Waals surface area contributed by atoms with Crippen molar-refractivity contribution in [3.63, 3.8) is 0 Å². The van der Waals surface area contributed by atoms with Crippen molar-refractivity contribution in [2.24, 2.45) is 0 Å². The van der Waals surface area contributed by atoms with Gasteiger partial charge >= 0.3 is 0 Å². The first-order valence-electron chi connectivity index (χ1n) is 12.7. The lowest BCUT2D eigenvalue weighted by Crippen LogP contribution is -2.11. The largest absolute Gasteiger partial charge is 0.353 e. The Labute approximate surface area is 227 Å². The number of thiophene rings is 1. The number of hydrogen-bond donors (Lipinski definition) is 3. The number of amides is 1. The number of hydrogen-bond acceptors (Lipinski definition) is 7. The van der Waals surface area contributed by atoms with Crippen molar-refractivity contribution in [3.05, 3.63) is 66.1 Å². The maximum Gasteiger partial charge on any atom is 0.224 e. The summed E-state index contributed by atoms with van der Waals surface area (Å²) in [7, 11) is 0. The van der Waals surface area contributed by atoms with E-state index in [9.17, 15) is 9.59 Å². The van der Waals surface area contributed by atoms with Crippen LogP contribution >= 0.6 is 11.3 Å². The van der Waals surface area contributed by atoms with E-state index in [1.165, 1.54) is 11.3 Å². The fourth-order valence-corrected chi connectivity index (χ4v) is 5.44. The van der Waals surface area contributed by atoms with Crippen molar-refractivity contribution >= 4 is 50.7 Å². The van der Waals surface area contributed by atoms with Gasteiger partial charge in [-0.25, -0.2) is 4.98 Å². The number of rotatable bonds is 8. The first-order valence-corrected chi connectivity index (χ1v) is 13.5. The smallest absolute Gasteiger partial charge is 0.224 e. The number of nitrogens with zero attached hydrogens (tertiary/aromatic N) is 4. The molecule has 0 saturated heterocycles. The van der Waals surface area contributed by atoms with Crippen LogP contribution in [-0.4, -0.2) is 41.8 Å². The van der Waals surface area contributed by atoms with Crippen LogP contribution < -0.4 is 5.32 Å². The van der Waals surface area contributed by atoms with E-state index in [1.54, 1.807) is 31.7 Å². The zero-order valence-electron chi connectivity index (χ0n) is 21.4. The molecule has 0 atom stereocenters. The molecule has 194 valence electrons. The quantitative estimate of drug-likeness (QED) is 0.188. The number of Topliss-reactive ketones (excluding diaryl/α,β-unsaturated/α-hetero) is 1. The number of aromatic nitrogens is 6. The second-order valence-electron chi connectivity index (χ2n) is 9.33. The van der Waals surface area contributed by atoms with E-state index in [-0.39, 0.29) is 11.7 Å². The van der Waals surface area contributed by atoms with Gasteiger partial charge in [0.15, 0.2) is 11.4 Å². The van der Waals surface area contributed by atoms with Gasteiger partial charge in [0.05, 0.1) is 38.7 Å². The number of ketones is 1. The Balaban J connectivity index is 1.36. The Bertz CT molecular complexity index is 1850. The molecule has 6 rings (SSSR count). The van der Waals surface area contributed by atoms with Crippen molar-refractivity contribution in [3.8, 4) is 33.1 Å². The van der Waals surface area contributed by atoms with Crippen molar-refractivity contribution in [2.75, 3.05) is 5.32 Å². The highest BCUT2D eigenvalue weighted by Crippen LogP contribution is 2.36. The topological polar surface area (TPSA) is 129 Å². The number of fused-ring (bicyclic) bond motifs is 2. The predicted molar refractivity (Wildman–Crippen MR) is 154 cm³/mol. The minimum atomic E-state index is -0.0192. The minimum Gasteiger partial charge on any atom is -0.353 e. The van der Waals surface area contributed by atoms with Crippen molar-refractivity contribution < 1.29 is 9.59 Å². The molecule has 6 heterocycles. The fourth-order valence-electron chi connectivity index (χ4n) is 4.53.